The summed E-state index contributed by atoms with van der Waals surface area (Å²) in [6.07, 6.45) is 0.396. The predicted octanol–water partition coefficient (Wildman–Crippen LogP) is 1.57. The van der Waals surface area contributed by atoms with Gasteiger partial charge in [-0.2, -0.15) is 0 Å². The topological polar surface area (TPSA) is 55.8 Å². The summed E-state index contributed by atoms with van der Waals surface area (Å²) in [6.45, 7) is 1.11. The maximum absolute atomic E-state index is 12.3. The smallest absolute Gasteiger partial charge is 0.331 e. The van der Waals surface area contributed by atoms with Crippen LogP contribution in [0.2, 0.25) is 0 Å². The van der Waals surface area contributed by atoms with E-state index in [4.69, 9.17) is 9.47 Å². The molecule has 1 aliphatic heterocycles. The molecule has 5 nitrogen and oxygen atoms in total. The van der Waals surface area contributed by atoms with E-state index in [1.165, 1.54) is 7.11 Å². The van der Waals surface area contributed by atoms with Gasteiger partial charge in [0, 0.05) is 23.6 Å². The van der Waals surface area contributed by atoms with Gasteiger partial charge >= 0.3 is 5.97 Å². The van der Waals surface area contributed by atoms with Crippen molar-refractivity contribution in [1.82, 2.24) is 4.90 Å². The molecule has 1 aromatic rings. The fraction of sp³-hybridized carbons (Fsp3) is 0.467. The molecule has 1 saturated heterocycles. The van der Waals surface area contributed by atoms with Crippen LogP contribution in [0.5, 0.6) is 0 Å². The van der Waals surface area contributed by atoms with Gasteiger partial charge < -0.3 is 14.4 Å². The Morgan fingerprint density at radius 2 is 2.14 bits per heavy atom. The number of esters is 1. The van der Waals surface area contributed by atoms with Crippen molar-refractivity contribution in [2.24, 2.45) is 0 Å². The standard InChI is InChI=1S/C15H19NO4S/c1-19-15(18)13-11-20-9-8-16(13)14(17)7-10-21-12-5-3-2-4-6-12/h2-6,13H,7-11H2,1H3. The molecular formula is C15H19NO4S. The highest BCUT2D eigenvalue weighted by molar-refractivity contribution is 7.99. The van der Waals surface area contributed by atoms with Crippen LogP contribution >= 0.6 is 11.8 Å². The minimum atomic E-state index is -0.613. The molecule has 1 atom stereocenters. The summed E-state index contributed by atoms with van der Waals surface area (Å²) in [5, 5.41) is 0. The van der Waals surface area contributed by atoms with Crippen molar-refractivity contribution >= 4 is 23.6 Å². The van der Waals surface area contributed by atoms with Gasteiger partial charge in [0.1, 0.15) is 0 Å². The monoisotopic (exact) mass is 309 g/mol. The van der Waals surface area contributed by atoms with Crippen LogP contribution in [0.4, 0.5) is 0 Å². The molecule has 2 rings (SSSR count). The van der Waals surface area contributed by atoms with Crippen molar-refractivity contribution in [2.75, 3.05) is 32.6 Å². The van der Waals surface area contributed by atoms with Crippen LogP contribution in [0.15, 0.2) is 35.2 Å². The summed E-state index contributed by atoms with van der Waals surface area (Å²) in [5.74, 6) is 0.240. The largest absolute Gasteiger partial charge is 0.467 e. The average Bonchev–Trinajstić information content (AvgIpc) is 2.55. The third kappa shape index (κ3) is 4.47. The number of amides is 1. The van der Waals surface area contributed by atoms with E-state index in [2.05, 4.69) is 0 Å². The zero-order valence-electron chi connectivity index (χ0n) is 12.0. The molecule has 0 N–H and O–H groups in total. The number of methoxy groups -OCH3 is 1. The van der Waals surface area contributed by atoms with Gasteiger partial charge in [-0.15, -0.1) is 11.8 Å². The van der Waals surface area contributed by atoms with Gasteiger partial charge in [0.2, 0.25) is 5.91 Å². The van der Waals surface area contributed by atoms with Crippen LogP contribution in [-0.2, 0) is 19.1 Å². The molecule has 0 spiro atoms. The van der Waals surface area contributed by atoms with Crippen LogP contribution in [-0.4, -0.2) is 55.4 Å². The summed E-state index contributed by atoms with van der Waals surface area (Å²) in [6, 6.07) is 9.32. The highest BCUT2D eigenvalue weighted by Crippen LogP contribution is 2.19. The normalized spacial score (nSPS) is 18.3. The summed E-state index contributed by atoms with van der Waals surface area (Å²) in [5.41, 5.74) is 0. The molecule has 1 aliphatic rings. The number of carbonyl (C=O) groups is 2. The first-order valence-electron chi connectivity index (χ1n) is 6.85. The van der Waals surface area contributed by atoms with Gasteiger partial charge in [-0.1, -0.05) is 18.2 Å². The lowest BCUT2D eigenvalue weighted by Crippen LogP contribution is -2.53. The highest BCUT2D eigenvalue weighted by atomic mass is 32.2. The van der Waals surface area contributed by atoms with Crippen molar-refractivity contribution in [2.45, 2.75) is 17.4 Å². The Balaban J connectivity index is 1.84. The lowest BCUT2D eigenvalue weighted by Gasteiger charge is -2.33. The van der Waals surface area contributed by atoms with Crippen LogP contribution < -0.4 is 0 Å². The Morgan fingerprint density at radius 1 is 1.38 bits per heavy atom. The number of benzene rings is 1. The second-order valence-corrected chi connectivity index (χ2v) is 5.78. The molecule has 1 heterocycles. The Bertz CT molecular complexity index is 480. The van der Waals surface area contributed by atoms with E-state index in [1.807, 2.05) is 30.3 Å². The van der Waals surface area contributed by atoms with Crippen molar-refractivity contribution in [3.63, 3.8) is 0 Å². The van der Waals surface area contributed by atoms with Crippen LogP contribution in [0.25, 0.3) is 0 Å². The Labute approximate surface area is 128 Å². The lowest BCUT2D eigenvalue weighted by atomic mass is 10.2. The summed E-state index contributed by atoms with van der Waals surface area (Å²) in [4.78, 5) is 26.7. The van der Waals surface area contributed by atoms with Crippen LogP contribution in [0.3, 0.4) is 0 Å². The molecular weight excluding hydrogens is 290 g/mol. The van der Waals surface area contributed by atoms with E-state index in [9.17, 15) is 9.59 Å². The first-order valence-corrected chi connectivity index (χ1v) is 7.84. The Hall–Kier alpha value is -1.53. The summed E-state index contributed by atoms with van der Waals surface area (Å²) in [7, 11) is 1.32. The molecule has 0 radical (unpaired) electrons. The van der Waals surface area contributed by atoms with Crippen molar-refractivity contribution in [1.29, 1.82) is 0 Å². The van der Waals surface area contributed by atoms with Gasteiger partial charge in [-0.05, 0) is 12.1 Å². The molecule has 1 aromatic carbocycles. The molecule has 21 heavy (non-hydrogen) atoms. The predicted molar refractivity (Wildman–Crippen MR) is 80.1 cm³/mol. The highest BCUT2D eigenvalue weighted by Gasteiger charge is 2.33. The van der Waals surface area contributed by atoms with E-state index in [0.717, 1.165) is 4.90 Å². The summed E-state index contributed by atoms with van der Waals surface area (Å²) < 4.78 is 9.99. The first-order chi connectivity index (χ1) is 10.2. The van der Waals surface area contributed by atoms with Gasteiger partial charge in [-0.25, -0.2) is 4.79 Å². The third-order valence-corrected chi connectivity index (χ3v) is 4.26. The van der Waals surface area contributed by atoms with Crippen molar-refractivity contribution in [3.05, 3.63) is 30.3 Å². The van der Waals surface area contributed by atoms with Crippen LogP contribution in [0.1, 0.15) is 6.42 Å². The fourth-order valence-corrected chi connectivity index (χ4v) is 3.01. The molecule has 114 valence electrons. The van der Waals surface area contributed by atoms with Crippen molar-refractivity contribution < 1.29 is 19.1 Å². The molecule has 1 fully saturated rings. The van der Waals surface area contributed by atoms with Gasteiger partial charge in [-0.3, -0.25) is 4.79 Å². The zero-order chi connectivity index (χ0) is 15.1. The van der Waals surface area contributed by atoms with E-state index >= 15 is 0 Å². The molecule has 1 amide bonds. The minimum absolute atomic E-state index is 0.0304. The molecule has 0 aliphatic carbocycles. The van der Waals surface area contributed by atoms with Crippen molar-refractivity contribution in [3.8, 4) is 0 Å². The minimum Gasteiger partial charge on any atom is -0.467 e. The fourth-order valence-electron chi connectivity index (χ4n) is 2.15. The van der Waals surface area contributed by atoms with E-state index < -0.39 is 12.0 Å². The van der Waals surface area contributed by atoms with Crippen LogP contribution in [0, 0.1) is 0 Å². The number of morpholine rings is 1. The summed E-state index contributed by atoms with van der Waals surface area (Å²) >= 11 is 1.63. The van der Waals surface area contributed by atoms with E-state index in [1.54, 1.807) is 16.7 Å². The molecule has 0 saturated carbocycles. The number of thioether (sulfide) groups is 1. The van der Waals surface area contributed by atoms with Gasteiger partial charge in [0.05, 0.1) is 20.3 Å². The van der Waals surface area contributed by atoms with E-state index in [-0.39, 0.29) is 12.5 Å². The SMILES string of the molecule is COC(=O)C1COCCN1C(=O)CCSc1ccccc1. The molecule has 0 aromatic heterocycles. The third-order valence-electron chi connectivity index (χ3n) is 3.25. The quantitative estimate of drug-likeness (QED) is 0.610. The molecule has 6 heteroatoms. The zero-order valence-corrected chi connectivity index (χ0v) is 12.8. The number of hydrogen-bond acceptors (Lipinski definition) is 5. The maximum Gasteiger partial charge on any atom is 0.331 e. The number of nitrogens with zero attached hydrogens (tertiary/aromatic N) is 1. The Kier molecular flexibility index (Phi) is 6.07. The maximum atomic E-state index is 12.3. The first kappa shape index (κ1) is 15.9. The number of hydrogen-bond donors (Lipinski definition) is 0. The number of ether oxygens (including phenoxy) is 2. The number of carbonyl (C=O) groups excluding carboxylic acids is 2. The Morgan fingerprint density at radius 3 is 2.86 bits per heavy atom. The number of rotatable bonds is 5. The molecule has 1 unspecified atom stereocenters. The molecule has 0 bridgehead atoms. The average molecular weight is 309 g/mol. The second-order valence-electron chi connectivity index (χ2n) is 4.61. The lowest BCUT2D eigenvalue weighted by molar-refractivity contribution is -0.160. The van der Waals surface area contributed by atoms with Gasteiger partial charge in [0.25, 0.3) is 0 Å². The van der Waals surface area contributed by atoms with E-state index in [0.29, 0.717) is 25.3 Å². The second kappa shape index (κ2) is 8.05. The van der Waals surface area contributed by atoms with Gasteiger partial charge in [0.15, 0.2) is 6.04 Å².